The zero-order valence-corrected chi connectivity index (χ0v) is 14.9. The molecule has 0 heterocycles. The lowest BCUT2D eigenvalue weighted by molar-refractivity contribution is -0.145. The van der Waals surface area contributed by atoms with Crippen LogP contribution in [0.25, 0.3) is 0 Å². The molecule has 1 aromatic rings. The lowest BCUT2D eigenvalue weighted by atomic mass is 10.3. The Hall–Kier alpha value is -1.83. The fourth-order valence-electron chi connectivity index (χ4n) is 1.86. The number of rotatable bonds is 15. The van der Waals surface area contributed by atoms with Gasteiger partial charge in [-0.2, -0.15) is 0 Å². The standard InChI is InChI=1S/C18H29NO6/c1-2-5-18(20)25-15-13-23-11-9-21-8-10-22-12-14-24-17-7-4-3-6-16(17)19/h3-4,6-7H,2,5,8-15,19H2,1H3. The first-order chi connectivity index (χ1) is 12.2. The second-order valence-electron chi connectivity index (χ2n) is 5.19. The molecule has 0 aliphatic rings. The highest BCUT2D eigenvalue weighted by Gasteiger charge is 2.00. The number of ether oxygens (including phenoxy) is 5. The fourth-order valence-corrected chi connectivity index (χ4v) is 1.86. The van der Waals surface area contributed by atoms with Crippen molar-refractivity contribution < 1.29 is 28.5 Å². The first-order valence-electron chi connectivity index (χ1n) is 8.60. The topological polar surface area (TPSA) is 89.2 Å². The Morgan fingerprint density at radius 1 is 0.880 bits per heavy atom. The van der Waals surface area contributed by atoms with E-state index in [1.54, 1.807) is 6.07 Å². The first-order valence-corrected chi connectivity index (χ1v) is 8.60. The van der Waals surface area contributed by atoms with Crippen LogP contribution in [0.3, 0.4) is 0 Å². The van der Waals surface area contributed by atoms with Crippen LogP contribution in [0, 0.1) is 0 Å². The van der Waals surface area contributed by atoms with Gasteiger partial charge in [-0.1, -0.05) is 19.1 Å². The largest absolute Gasteiger partial charge is 0.489 e. The summed E-state index contributed by atoms with van der Waals surface area (Å²) in [6.07, 6.45) is 1.24. The van der Waals surface area contributed by atoms with Crippen LogP contribution in [-0.2, 0) is 23.7 Å². The molecule has 0 aromatic heterocycles. The second-order valence-corrected chi connectivity index (χ2v) is 5.19. The average Bonchev–Trinajstić information content (AvgIpc) is 2.60. The summed E-state index contributed by atoms with van der Waals surface area (Å²) in [5.41, 5.74) is 6.38. The van der Waals surface area contributed by atoms with Crippen molar-refractivity contribution in [2.75, 3.05) is 58.6 Å². The van der Waals surface area contributed by atoms with Crippen LogP contribution in [0.4, 0.5) is 5.69 Å². The molecule has 0 aliphatic carbocycles. The van der Waals surface area contributed by atoms with E-state index in [2.05, 4.69) is 0 Å². The SMILES string of the molecule is CCCC(=O)OCCOCCOCCOCCOc1ccccc1N. The Balaban J connectivity index is 1.80. The maximum Gasteiger partial charge on any atom is 0.305 e. The number of nitrogen functional groups attached to an aromatic ring is 1. The summed E-state index contributed by atoms with van der Waals surface area (Å²) in [6, 6.07) is 7.35. The quantitative estimate of drug-likeness (QED) is 0.292. The van der Waals surface area contributed by atoms with Crippen LogP contribution < -0.4 is 10.5 Å². The Kier molecular flexibility index (Phi) is 12.3. The first kappa shape index (κ1) is 21.2. The molecule has 1 rings (SSSR count). The van der Waals surface area contributed by atoms with Crippen molar-refractivity contribution in [2.24, 2.45) is 0 Å². The summed E-state index contributed by atoms with van der Waals surface area (Å²) < 4.78 is 26.5. The lowest BCUT2D eigenvalue weighted by Gasteiger charge is -2.09. The number of carbonyl (C=O) groups is 1. The Morgan fingerprint density at radius 3 is 2.04 bits per heavy atom. The fraction of sp³-hybridized carbons (Fsp3) is 0.611. The summed E-state index contributed by atoms with van der Waals surface area (Å²) in [5.74, 6) is 0.485. The van der Waals surface area contributed by atoms with Crippen molar-refractivity contribution in [3.63, 3.8) is 0 Å². The summed E-state index contributed by atoms with van der Waals surface area (Å²) in [5, 5.41) is 0. The van der Waals surface area contributed by atoms with Gasteiger partial charge in [-0.15, -0.1) is 0 Å². The highest BCUT2D eigenvalue weighted by molar-refractivity contribution is 5.69. The van der Waals surface area contributed by atoms with E-state index >= 15 is 0 Å². The molecule has 1 aromatic carbocycles. The molecular weight excluding hydrogens is 326 g/mol. The van der Waals surface area contributed by atoms with Gasteiger partial charge in [0.2, 0.25) is 0 Å². The van der Waals surface area contributed by atoms with E-state index in [-0.39, 0.29) is 12.6 Å². The summed E-state index contributed by atoms with van der Waals surface area (Å²) in [4.78, 5) is 11.1. The third-order valence-electron chi connectivity index (χ3n) is 3.09. The summed E-state index contributed by atoms with van der Waals surface area (Å²) in [7, 11) is 0. The van der Waals surface area contributed by atoms with Crippen molar-refractivity contribution in [1.82, 2.24) is 0 Å². The van der Waals surface area contributed by atoms with Crippen molar-refractivity contribution in [3.8, 4) is 5.75 Å². The highest BCUT2D eigenvalue weighted by Crippen LogP contribution is 2.19. The molecule has 7 heteroatoms. The van der Waals surface area contributed by atoms with Crippen LogP contribution >= 0.6 is 0 Å². The number of carbonyl (C=O) groups excluding carboxylic acids is 1. The van der Waals surface area contributed by atoms with E-state index in [4.69, 9.17) is 29.4 Å². The van der Waals surface area contributed by atoms with Gasteiger partial charge < -0.3 is 29.4 Å². The number of nitrogens with two attached hydrogens (primary N) is 1. The normalized spacial score (nSPS) is 10.6. The Labute approximate surface area is 149 Å². The molecule has 0 aliphatic heterocycles. The molecule has 0 fully saturated rings. The highest BCUT2D eigenvalue weighted by atomic mass is 16.6. The zero-order chi connectivity index (χ0) is 18.2. The number of benzene rings is 1. The van der Waals surface area contributed by atoms with Crippen molar-refractivity contribution >= 4 is 11.7 Å². The molecule has 0 spiro atoms. The van der Waals surface area contributed by atoms with Crippen molar-refractivity contribution in [1.29, 1.82) is 0 Å². The number of hydrogen-bond acceptors (Lipinski definition) is 7. The molecule has 0 radical (unpaired) electrons. The smallest absolute Gasteiger partial charge is 0.305 e. The minimum Gasteiger partial charge on any atom is -0.489 e. The third-order valence-corrected chi connectivity index (χ3v) is 3.09. The average molecular weight is 355 g/mol. The lowest BCUT2D eigenvalue weighted by Crippen LogP contribution is -2.14. The van der Waals surface area contributed by atoms with E-state index in [0.717, 1.165) is 6.42 Å². The molecule has 142 valence electrons. The summed E-state index contributed by atoms with van der Waals surface area (Å²) in [6.45, 7) is 5.43. The van der Waals surface area contributed by atoms with E-state index in [1.807, 2.05) is 25.1 Å². The van der Waals surface area contributed by atoms with Crippen LogP contribution in [0.15, 0.2) is 24.3 Å². The molecule has 0 amide bonds. The van der Waals surface area contributed by atoms with Crippen LogP contribution in [-0.4, -0.2) is 58.8 Å². The monoisotopic (exact) mass is 355 g/mol. The number of hydrogen-bond donors (Lipinski definition) is 1. The van der Waals surface area contributed by atoms with Crippen molar-refractivity contribution in [3.05, 3.63) is 24.3 Å². The molecule has 0 saturated heterocycles. The molecule has 0 bridgehead atoms. The molecule has 7 nitrogen and oxygen atoms in total. The van der Waals surface area contributed by atoms with Gasteiger partial charge in [0.25, 0.3) is 0 Å². The van der Waals surface area contributed by atoms with E-state index < -0.39 is 0 Å². The predicted octanol–water partition coefficient (Wildman–Crippen LogP) is 2.04. The van der Waals surface area contributed by atoms with E-state index in [1.165, 1.54) is 0 Å². The van der Waals surface area contributed by atoms with Crippen LogP contribution in [0.5, 0.6) is 5.75 Å². The maximum absolute atomic E-state index is 11.1. The van der Waals surface area contributed by atoms with Gasteiger partial charge in [0, 0.05) is 6.42 Å². The van der Waals surface area contributed by atoms with Gasteiger partial charge in [0.1, 0.15) is 19.0 Å². The molecule has 0 unspecified atom stereocenters. The number of para-hydroxylation sites is 2. The van der Waals surface area contributed by atoms with Gasteiger partial charge in [0.15, 0.2) is 0 Å². The molecule has 25 heavy (non-hydrogen) atoms. The second kappa shape index (κ2) is 14.5. The minimum absolute atomic E-state index is 0.182. The van der Waals surface area contributed by atoms with Gasteiger partial charge in [-0.3, -0.25) is 4.79 Å². The van der Waals surface area contributed by atoms with Gasteiger partial charge in [-0.05, 0) is 18.6 Å². The van der Waals surface area contributed by atoms with Gasteiger partial charge in [-0.25, -0.2) is 0 Å². The van der Waals surface area contributed by atoms with Crippen LogP contribution in [0.1, 0.15) is 19.8 Å². The van der Waals surface area contributed by atoms with Crippen molar-refractivity contribution in [2.45, 2.75) is 19.8 Å². The third kappa shape index (κ3) is 11.4. The number of esters is 1. The molecule has 0 saturated carbocycles. The van der Waals surface area contributed by atoms with Gasteiger partial charge in [0.05, 0.1) is 45.3 Å². The Bertz CT molecular complexity index is 469. The molecule has 2 N–H and O–H groups in total. The summed E-state index contributed by atoms with van der Waals surface area (Å²) >= 11 is 0. The number of anilines is 1. The Morgan fingerprint density at radius 2 is 1.44 bits per heavy atom. The van der Waals surface area contributed by atoms with E-state index in [0.29, 0.717) is 64.1 Å². The van der Waals surface area contributed by atoms with Crippen LogP contribution in [0.2, 0.25) is 0 Å². The molecule has 0 atom stereocenters. The molecular formula is C18H29NO6. The minimum atomic E-state index is -0.182. The predicted molar refractivity (Wildman–Crippen MR) is 94.7 cm³/mol. The van der Waals surface area contributed by atoms with Gasteiger partial charge >= 0.3 is 5.97 Å². The van der Waals surface area contributed by atoms with E-state index in [9.17, 15) is 4.79 Å². The zero-order valence-electron chi connectivity index (χ0n) is 14.9. The maximum atomic E-state index is 11.1.